The van der Waals surface area contributed by atoms with Crippen LogP contribution in [0.5, 0.6) is 11.5 Å². The van der Waals surface area contributed by atoms with Gasteiger partial charge in [0.1, 0.15) is 11.5 Å². The highest BCUT2D eigenvalue weighted by Gasteiger charge is 2.18. The highest BCUT2D eigenvalue weighted by atomic mass is 32.2. The summed E-state index contributed by atoms with van der Waals surface area (Å²) < 4.78 is 38.0. The van der Waals surface area contributed by atoms with E-state index >= 15 is 0 Å². The van der Waals surface area contributed by atoms with Crippen molar-refractivity contribution in [2.45, 2.75) is 18.7 Å². The van der Waals surface area contributed by atoms with Crippen LogP contribution in [0.4, 0.5) is 11.4 Å². The van der Waals surface area contributed by atoms with Crippen LogP contribution in [0, 0.1) is 6.92 Å². The van der Waals surface area contributed by atoms with E-state index < -0.39 is 10.0 Å². The third-order valence-electron chi connectivity index (χ3n) is 3.47. The van der Waals surface area contributed by atoms with E-state index in [9.17, 15) is 13.2 Å². The Bertz CT molecular complexity index is 894. The van der Waals surface area contributed by atoms with E-state index in [1.807, 2.05) is 0 Å². The second-order valence-electron chi connectivity index (χ2n) is 5.33. The Morgan fingerprint density at radius 2 is 1.68 bits per heavy atom. The number of nitrogens with one attached hydrogen (secondary N) is 2. The van der Waals surface area contributed by atoms with Crippen LogP contribution in [0.25, 0.3) is 0 Å². The number of carbonyl (C=O) groups excluding carboxylic acids is 1. The number of methoxy groups -OCH3 is 2. The van der Waals surface area contributed by atoms with Gasteiger partial charge in [-0.1, -0.05) is 0 Å². The number of carbonyl (C=O) groups is 1. The molecule has 2 rings (SSSR count). The molecule has 134 valence electrons. The maximum absolute atomic E-state index is 12.6. The molecule has 0 bridgehead atoms. The zero-order valence-corrected chi connectivity index (χ0v) is 15.2. The summed E-state index contributed by atoms with van der Waals surface area (Å²) in [6.07, 6.45) is 0. The number of anilines is 2. The molecule has 0 saturated carbocycles. The summed E-state index contributed by atoms with van der Waals surface area (Å²) in [5, 5.41) is 2.64. The monoisotopic (exact) mass is 364 g/mol. The topological polar surface area (TPSA) is 93.7 Å². The van der Waals surface area contributed by atoms with Gasteiger partial charge in [0.25, 0.3) is 10.0 Å². The summed E-state index contributed by atoms with van der Waals surface area (Å²) in [5.41, 5.74) is 1.50. The molecule has 0 aromatic heterocycles. The Balaban J connectivity index is 2.33. The molecule has 2 aromatic rings. The van der Waals surface area contributed by atoms with Gasteiger partial charge in [0.05, 0.1) is 24.8 Å². The van der Waals surface area contributed by atoms with Crippen LogP contribution in [-0.2, 0) is 14.8 Å². The molecule has 0 unspecified atom stereocenters. The Hall–Kier alpha value is -2.74. The molecular formula is C17H20N2O5S. The summed E-state index contributed by atoms with van der Waals surface area (Å²) >= 11 is 0. The Morgan fingerprint density at radius 3 is 2.24 bits per heavy atom. The summed E-state index contributed by atoms with van der Waals surface area (Å²) in [4.78, 5) is 11.2. The smallest absolute Gasteiger partial charge is 0.262 e. The minimum Gasteiger partial charge on any atom is -0.497 e. The first-order valence-corrected chi connectivity index (χ1v) is 8.88. The summed E-state index contributed by atoms with van der Waals surface area (Å²) in [6, 6.07) is 9.25. The standard InChI is InChI=1S/C17H20N2O5S/c1-11-9-14(6-8-15(11)18-12(2)20)25(21,22)19-16-7-5-13(23-3)10-17(16)24-4/h5-10,19H,1-4H3,(H,18,20). The maximum Gasteiger partial charge on any atom is 0.262 e. The molecule has 7 nitrogen and oxygen atoms in total. The number of benzene rings is 2. The molecular weight excluding hydrogens is 344 g/mol. The van der Waals surface area contributed by atoms with Gasteiger partial charge in [-0.15, -0.1) is 0 Å². The van der Waals surface area contributed by atoms with Crippen molar-refractivity contribution in [3.05, 3.63) is 42.0 Å². The lowest BCUT2D eigenvalue weighted by Gasteiger charge is -2.14. The third-order valence-corrected chi connectivity index (χ3v) is 4.84. The molecule has 0 heterocycles. The van der Waals surface area contributed by atoms with Crippen molar-refractivity contribution in [3.8, 4) is 11.5 Å². The molecule has 0 aliphatic heterocycles. The van der Waals surface area contributed by atoms with Gasteiger partial charge in [-0.25, -0.2) is 8.42 Å². The van der Waals surface area contributed by atoms with E-state index in [2.05, 4.69) is 10.0 Å². The van der Waals surface area contributed by atoms with Crippen LogP contribution in [0.3, 0.4) is 0 Å². The highest BCUT2D eigenvalue weighted by molar-refractivity contribution is 7.92. The van der Waals surface area contributed by atoms with Crippen LogP contribution in [0.15, 0.2) is 41.3 Å². The van der Waals surface area contributed by atoms with E-state index in [0.29, 0.717) is 28.4 Å². The zero-order chi connectivity index (χ0) is 18.6. The van der Waals surface area contributed by atoms with Crippen LogP contribution < -0.4 is 19.5 Å². The molecule has 2 N–H and O–H groups in total. The molecule has 0 saturated heterocycles. The van der Waals surface area contributed by atoms with Crippen molar-refractivity contribution in [1.29, 1.82) is 0 Å². The van der Waals surface area contributed by atoms with Gasteiger partial charge in [-0.3, -0.25) is 9.52 Å². The number of amides is 1. The van der Waals surface area contributed by atoms with Gasteiger partial charge >= 0.3 is 0 Å². The van der Waals surface area contributed by atoms with Crippen molar-refractivity contribution in [1.82, 2.24) is 0 Å². The van der Waals surface area contributed by atoms with Gasteiger partial charge in [-0.05, 0) is 42.8 Å². The number of rotatable bonds is 6. The lowest BCUT2D eigenvalue weighted by Crippen LogP contribution is -2.14. The number of ether oxygens (including phenoxy) is 2. The highest BCUT2D eigenvalue weighted by Crippen LogP contribution is 2.31. The van der Waals surface area contributed by atoms with E-state index in [1.54, 1.807) is 31.2 Å². The summed E-state index contributed by atoms with van der Waals surface area (Å²) in [6.45, 7) is 3.11. The fourth-order valence-corrected chi connectivity index (χ4v) is 3.37. The minimum absolute atomic E-state index is 0.0805. The number of aryl methyl sites for hydroxylation is 1. The Kier molecular flexibility index (Phi) is 5.53. The molecule has 8 heteroatoms. The minimum atomic E-state index is -3.82. The molecule has 0 aliphatic rings. The summed E-state index contributed by atoms with van der Waals surface area (Å²) in [5.74, 6) is 0.671. The largest absolute Gasteiger partial charge is 0.497 e. The second kappa shape index (κ2) is 7.43. The number of hydrogen-bond donors (Lipinski definition) is 2. The van der Waals surface area contributed by atoms with Crippen molar-refractivity contribution in [3.63, 3.8) is 0 Å². The van der Waals surface area contributed by atoms with Gasteiger partial charge in [0, 0.05) is 18.7 Å². The molecule has 1 amide bonds. The first-order chi connectivity index (χ1) is 11.8. The van der Waals surface area contributed by atoms with E-state index in [0.717, 1.165) is 0 Å². The lowest BCUT2D eigenvalue weighted by atomic mass is 10.2. The average molecular weight is 364 g/mol. The van der Waals surface area contributed by atoms with Crippen molar-refractivity contribution in [2.75, 3.05) is 24.3 Å². The fourth-order valence-electron chi connectivity index (χ4n) is 2.22. The van der Waals surface area contributed by atoms with Crippen molar-refractivity contribution in [2.24, 2.45) is 0 Å². The quantitative estimate of drug-likeness (QED) is 0.822. The van der Waals surface area contributed by atoms with Crippen LogP contribution in [-0.4, -0.2) is 28.5 Å². The lowest BCUT2D eigenvalue weighted by molar-refractivity contribution is -0.114. The number of sulfonamides is 1. The normalized spacial score (nSPS) is 10.9. The Labute approximate surface area is 147 Å². The van der Waals surface area contributed by atoms with Crippen molar-refractivity contribution >= 4 is 27.3 Å². The van der Waals surface area contributed by atoms with Crippen molar-refractivity contribution < 1.29 is 22.7 Å². The Morgan fingerprint density at radius 1 is 1.00 bits per heavy atom. The van der Waals surface area contributed by atoms with Gasteiger partial charge in [0.2, 0.25) is 5.91 Å². The van der Waals surface area contributed by atoms with Gasteiger partial charge < -0.3 is 14.8 Å². The first-order valence-electron chi connectivity index (χ1n) is 7.40. The second-order valence-corrected chi connectivity index (χ2v) is 7.01. The molecule has 0 spiro atoms. The zero-order valence-electron chi connectivity index (χ0n) is 14.4. The molecule has 0 radical (unpaired) electrons. The predicted molar refractivity (Wildman–Crippen MR) is 95.8 cm³/mol. The molecule has 25 heavy (non-hydrogen) atoms. The van der Waals surface area contributed by atoms with Crippen LogP contribution in [0.2, 0.25) is 0 Å². The molecule has 0 atom stereocenters. The fraction of sp³-hybridized carbons (Fsp3) is 0.235. The van der Waals surface area contributed by atoms with Crippen LogP contribution in [0.1, 0.15) is 12.5 Å². The molecule has 2 aromatic carbocycles. The predicted octanol–water partition coefficient (Wildman–Crippen LogP) is 2.77. The van der Waals surface area contributed by atoms with Crippen LogP contribution >= 0.6 is 0 Å². The SMILES string of the molecule is COc1ccc(NS(=O)(=O)c2ccc(NC(C)=O)c(C)c2)c(OC)c1. The van der Waals surface area contributed by atoms with Gasteiger partial charge in [-0.2, -0.15) is 0 Å². The van der Waals surface area contributed by atoms with E-state index in [-0.39, 0.29) is 10.8 Å². The molecule has 0 fully saturated rings. The van der Waals surface area contributed by atoms with Gasteiger partial charge in [0.15, 0.2) is 0 Å². The first kappa shape index (κ1) is 18.6. The molecule has 0 aliphatic carbocycles. The third kappa shape index (κ3) is 4.42. The number of hydrogen-bond acceptors (Lipinski definition) is 5. The maximum atomic E-state index is 12.6. The van der Waals surface area contributed by atoms with E-state index in [4.69, 9.17) is 9.47 Å². The summed E-state index contributed by atoms with van der Waals surface area (Å²) in [7, 11) is -0.861. The average Bonchev–Trinajstić information content (AvgIpc) is 2.56. The van der Waals surface area contributed by atoms with E-state index in [1.165, 1.54) is 33.3 Å².